The minimum Gasteiger partial charge on any atom is -0.318 e. The van der Waals surface area contributed by atoms with E-state index in [1.165, 1.54) is 38.5 Å². The SMILES string of the molecule is CCCCCCCCCc1nc2c(ncn2C)c(=O)[nH]1. The molecule has 0 fully saturated rings. The Hall–Kier alpha value is -1.65. The van der Waals surface area contributed by atoms with Gasteiger partial charge < -0.3 is 9.55 Å². The summed E-state index contributed by atoms with van der Waals surface area (Å²) in [5.41, 5.74) is 0.969. The molecule has 2 rings (SSSR count). The normalized spacial score (nSPS) is 11.3. The fraction of sp³-hybridized carbons (Fsp3) is 0.667. The van der Waals surface area contributed by atoms with Gasteiger partial charge in [-0.25, -0.2) is 9.97 Å². The number of rotatable bonds is 8. The van der Waals surface area contributed by atoms with Crippen LogP contribution in [0.15, 0.2) is 11.1 Å². The molecule has 20 heavy (non-hydrogen) atoms. The smallest absolute Gasteiger partial charge is 0.279 e. The van der Waals surface area contributed by atoms with Crippen molar-refractivity contribution in [3.63, 3.8) is 0 Å². The van der Waals surface area contributed by atoms with E-state index in [0.29, 0.717) is 11.2 Å². The third kappa shape index (κ3) is 3.68. The van der Waals surface area contributed by atoms with Crippen LogP contribution in [0.3, 0.4) is 0 Å². The fourth-order valence-electron chi connectivity index (χ4n) is 2.43. The quantitative estimate of drug-likeness (QED) is 0.754. The molecular weight excluding hydrogens is 252 g/mol. The monoisotopic (exact) mass is 276 g/mol. The van der Waals surface area contributed by atoms with Gasteiger partial charge in [0.2, 0.25) is 0 Å². The van der Waals surface area contributed by atoms with Gasteiger partial charge in [0.05, 0.1) is 6.33 Å². The van der Waals surface area contributed by atoms with Crippen LogP contribution in [0.1, 0.15) is 57.7 Å². The van der Waals surface area contributed by atoms with Crippen molar-refractivity contribution >= 4 is 11.2 Å². The first-order chi connectivity index (χ1) is 9.72. The summed E-state index contributed by atoms with van der Waals surface area (Å²) in [6, 6.07) is 0. The van der Waals surface area contributed by atoms with Crippen LogP contribution in [0.4, 0.5) is 0 Å². The number of fused-ring (bicyclic) bond motifs is 1. The highest BCUT2D eigenvalue weighted by atomic mass is 16.1. The second-order valence-corrected chi connectivity index (χ2v) is 5.41. The molecule has 0 aromatic carbocycles. The third-order valence-corrected chi connectivity index (χ3v) is 3.64. The molecule has 0 atom stereocenters. The molecule has 0 unspecified atom stereocenters. The van der Waals surface area contributed by atoms with Gasteiger partial charge in [-0.3, -0.25) is 4.79 Å². The van der Waals surface area contributed by atoms with Gasteiger partial charge in [0.25, 0.3) is 5.56 Å². The zero-order valence-corrected chi connectivity index (χ0v) is 12.5. The molecule has 0 saturated heterocycles. The lowest BCUT2D eigenvalue weighted by molar-refractivity contribution is 0.584. The summed E-state index contributed by atoms with van der Waals surface area (Å²) in [5.74, 6) is 0.777. The maximum Gasteiger partial charge on any atom is 0.279 e. The van der Waals surface area contributed by atoms with Crippen LogP contribution in [0.25, 0.3) is 11.2 Å². The predicted molar refractivity (Wildman–Crippen MR) is 80.8 cm³/mol. The summed E-state index contributed by atoms with van der Waals surface area (Å²) in [5, 5.41) is 0. The van der Waals surface area contributed by atoms with Gasteiger partial charge >= 0.3 is 0 Å². The van der Waals surface area contributed by atoms with Crippen molar-refractivity contribution in [2.24, 2.45) is 7.05 Å². The molecule has 0 amide bonds. The van der Waals surface area contributed by atoms with Gasteiger partial charge in [-0.1, -0.05) is 45.4 Å². The Bertz CT molecular complexity index is 599. The van der Waals surface area contributed by atoms with Crippen molar-refractivity contribution in [1.29, 1.82) is 0 Å². The van der Waals surface area contributed by atoms with Crippen LogP contribution >= 0.6 is 0 Å². The summed E-state index contributed by atoms with van der Waals surface area (Å²) in [6.45, 7) is 2.23. The Labute approximate surface area is 119 Å². The van der Waals surface area contributed by atoms with E-state index in [2.05, 4.69) is 21.9 Å². The van der Waals surface area contributed by atoms with Crippen LogP contribution in [-0.4, -0.2) is 19.5 Å². The Balaban J connectivity index is 1.84. The minimum absolute atomic E-state index is 0.131. The van der Waals surface area contributed by atoms with Gasteiger partial charge in [0.1, 0.15) is 5.82 Å². The first-order valence-electron chi connectivity index (χ1n) is 7.62. The average Bonchev–Trinajstić information content (AvgIpc) is 2.80. The first-order valence-corrected chi connectivity index (χ1v) is 7.62. The van der Waals surface area contributed by atoms with Crippen LogP contribution in [0.5, 0.6) is 0 Å². The van der Waals surface area contributed by atoms with E-state index in [9.17, 15) is 4.79 Å². The summed E-state index contributed by atoms with van der Waals surface area (Å²) >= 11 is 0. The Morgan fingerprint density at radius 2 is 1.85 bits per heavy atom. The molecule has 2 aromatic rings. The summed E-state index contributed by atoms with van der Waals surface area (Å²) in [7, 11) is 1.86. The molecule has 110 valence electrons. The van der Waals surface area contributed by atoms with Crippen LogP contribution < -0.4 is 5.56 Å². The maximum absolute atomic E-state index is 11.8. The number of aromatic amines is 1. The molecule has 0 aliphatic carbocycles. The van der Waals surface area contributed by atoms with Gasteiger partial charge in [-0.15, -0.1) is 0 Å². The molecule has 0 spiro atoms. The molecule has 2 heterocycles. The van der Waals surface area contributed by atoms with Crippen molar-refractivity contribution < 1.29 is 0 Å². The molecule has 0 aliphatic heterocycles. The molecule has 2 aromatic heterocycles. The lowest BCUT2D eigenvalue weighted by Gasteiger charge is -2.02. The average molecular weight is 276 g/mol. The van der Waals surface area contributed by atoms with Gasteiger partial charge in [-0.05, 0) is 6.42 Å². The van der Waals surface area contributed by atoms with E-state index in [0.717, 1.165) is 18.7 Å². The number of hydrogen-bond donors (Lipinski definition) is 1. The third-order valence-electron chi connectivity index (χ3n) is 3.64. The Morgan fingerprint density at radius 3 is 2.60 bits per heavy atom. The number of nitrogens with zero attached hydrogens (tertiary/aromatic N) is 3. The maximum atomic E-state index is 11.8. The van der Waals surface area contributed by atoms with Gasteiger partial charge in [0.15, 0.2) is 11.2 Å². The van der Waals surface area contributed by atoms with E-state index in [4.69, 9.17) is 0 Å². The largest absolute Gasteiger partial charge is 0.318 e. The lowest BCUT2D eigenvalue weighted by Crippen LogP contribution is -2.12. The van der Waals surface area contributed by atoms with Crippen LogP contribution in [-0.2, 0) is 13.5 Å². The van der Waals surface area contributed by atoms with E-state index in [1.807, 2.05) is 7.05 Å². The molecule has 5 heteroatoms. The number of unbranched alkanes of at least 4 members (excludes halogenated alkanes) is 6. The topological polar surface area (TPSA) is 63.6 Å². The van der Waals surface area contributed by atoms with E-state index < -0.39 is 0 Å². The molecule has 0 aliphatic rings. The second kappa shape index (κ2) is 7.22. The highest BCUT2D eigenvalue weighted by Gasteiger charge is 2.07. The van der Waals surface area contributed by atoms with Crippen LogP contribution in [0.2, 0.25) is 0 Å². The van der Waals surface area contributed by atoms with E-state index in [1.54, 1.807) is 10.9 Å². The number of aryl methyl sites for hydroxylation is 2. The molecule has 5 nitrogen and oxygen atoms in total. The number of aromatic nitrogens is 4. The molecule has 0 saturated carbocycles. The van der Waals surface area contributed by atoms with E-state index >= 15 is 0 Å². The predicted octanol–water partition coefficient (Wildman–Crippen LogP) is 2.95. The number of H-pyrrole nitrogens is 1. The number of hydrogen-bond acceptors (Lipinski definition) is 3. The van der Waals surface area contributed by atoms with Crippen molar-refractivity contribution in [3.05, 3.63) is 22.5 Å². The minimum atomic E-state index is -0.131. The van der Waals surface area contributed by atoms with Crippen molar-refractivity contribution in [2.75, 3.05) is 0 Å². The van der Waals surface area contributed by atoms with Gasteiger partial charge in [-0.2, -0.15) is 0 Å². The van der Waals surface area contributed by atoms with Crippen molar-refractivity contribution in [1.82, 2.24) is 19.5 Å². The number of imidazole rings is 1. The standard InChI is InChI=1S/C15H24N4O/c1-3-4-5-6-7-8-9-10-12-17-14-13(15(20)18-12)16-11-19(14)2/h11H,3-10H2,1-2H3,(H,17,18,20). The summed E-state index contributed by atoms with van der Waals surface area (Å²) in [4.78, 5) is 23.2. The molecule has 0 radical (unpaired) electrons. The van der Waals surface area contributed by atoms with Crippen molar-refractivity contribution in [3.8, 4) is 0 Å². The first kappa shape index (κ1) is 14.8. The molecule has 0 bridgehead atoms. The van der Waals surface area contributed by atoms with Crippen molar-refractivity contribution in [2.45, 2.75) is 58.3 Å². The molecule has 1 N–H and O–H groups in total. The Morgan fingerprint density at radius 1 is 1.15 bits per heavy atom. The second-order valence-electron chi connectivity index (χ2n) is 5.41. The summed E-state index contributed by atoms with van der Waals surface area (Å²) in [6.07, 6.45) is 11.3. The van der Waals surface area contributed by atoms with Crippen LogP contribution in [0, 0.1) is 0 Å². The van der Waals surface area contributed by atoms with E-state index in [-0.39, 0.29) is 5.56 Å². The highest BCUT2D eigenvalue weighted by molar-refractivity contribution is 5.68. The Kier molecular flexibility index (Phi) is 5.32. The number of nitrogens with one attached hydrogen (secondary N) is 1. The van der Waals surface area contributed by atoms with Gasteiger partial charge in [0, 0.05) is 13.5 Å². The fourth-order valence-corrected chi connectivity index (χ4v) is 2.43. The lowest BCUT2D eigenvalue weighted by atomic mass is 10.1. The zero-order chi connectivity index (χ0) is 14.4. The zero-order valence-electron chi connectivity index (χ0n) is 12.5. The molecular formula is C15H24N4O. The highest BCUT2D eigenvalue weighted by Crippen LogP contribution is 2.09. The summed E-state index contributed by atoms with van der Waals surface area (Å²) < 4.78 is 1.79.